The molecule has 1 fully saturated rings. The van der Waals surface area contributed by atoms with E-state index < -0.39 is 5.82 Å². The second-order valence-electron chi connectivity index (χ2n) is 6.07. The molecular formula is C19H18ClFN2O2. The molecular weight excluding hydrogens is 343 g/mol. The van der Waals surface area contributed by atoms with Crippen molar-refractivity contribution in [3.63, 3.8) is 0 Å². The van der Waals surface area contributed by atoms with Gasteiger partial charge in [-0.25, -0.2) is 4.39 Å². The van der Waals surface area contributed by atoms with E-state index >= 15 is 0 Å². The molecule has 3 rings (SSSR count). The fourth-order valence-corrected chi connectivity index (χ4v) is 3.08. The van der Waals surface area contributed by atoms with Crippen molar-refractivity contribution < 1.29 is 14.0 Å². The van der Waals surface area contributed by atoms with Crippen LogP contribution >= 0.6 is 11.6 Å². The Balaban J connectivity index is 1.66. The summed E-state index contributed by atoms with van der Waals surface area (Å²) in [5, 5.41) is 3.43. The molecule has 0 bridgehead atoms. The number of carbonyl (C=O) groups is 2. The van der Waals surface area contributed by atoms with Gasteiger partial charge in [0.25, 0.3) is 5.91 Å². The Morgan fingerprint density at radius 3 is 2.56 bits per heavy atom. The molecule has 1 saturated heterocycles. The topological polar surface area (TPSA) is 49.4 Å². The fourth-order valence-electron chi connectivity index (χ4n) is 2.96. The third-order valence-corrected chi connectivity index (χ3v) is 4.55. The molecule has 25 heavy (non-hydrogen) atoms. The Morgan fingerprint density at radius 1 is 1.12 bits per heavy atom. The third-order valence-electron chi connectivity index (χ3n) is 4.30. The van der Waals surface area contributed by atoms with Crippen molar-refractivity contribution in [3.8, 4) is 0 Å². The first kappa shape index (κ1) is 17.4. The van der Waals surface area contributed by atoms with Crippen LogP contribution < -0.4 is 5.32 Å². The highest BCUT2D eigenvalue weighted by Gasteiger charge is 2.29. The summed E-state index contributed by atoms with van der Waals surface area (Å²) in [7, 11) is 0. The van der Waals surface area contributed by atoms with Gasteiger partial charge in [-0.2, -0.15) is 0 Å². The molecule has 2 aromatic rings. The number of nitrogens with one attached hydrogen (secondary N) is 1. The normalized spacial score (nSPS) is 17.2. The zero-order valence-corrected chi connectivity index (χ0v) is 14.3. The van der Waals surface area contributed by atoms with Crippen LogP contribution in [-0.2, 0) is 4.79 Å². The van der Waals surface area contributed by atoms with Gasteiger partial charge in [0, 0.05) is 23.8 Å². The van der Waals surface area contributed by atoms with Crippen molar-refractivity contribution in [2.24, 2.45) is 5.92 Å². The molecule has 0 radical (unpaired) electrons. The van der Waals surface area contributed by atoms with Crippen LogP contribution in [0.15, 0.2) is 48.5 Å². The predicted molar refractivity (Wildman–Crippen MR) is 95.1 cm³/mol. The molecule has 2 amide bonds. The molecule has 130 valence electrons. The second kappa shape index (κ2) is 7.66. The van der Waals surface area contributed by atoms with Gasteiger partial charge in [0.2, 0.25) is 5.91 Å². The Kier molecular flexibility index (Phi) is 5.34. The molecule has 4 nitrogen and oxygen atoms in total. The van der Waals surface area contributed by atoms with Crippen molar-refractivity contribution in [3.05, 3.63) is 64.9 Å². The van der Waals surface area contributed by atoms with Gasteiger partial charge >= 0.3 is 0 Å². The average Bonchev–Trinajstić information content (AvgIpc) is 2.63. The summed E-state index contributed by atoms with van der Waals surface area (Å²) in [6.07, 6.45) is 1.40. The van der Waals surface area contributed by atoms with Crippen LogP contribution in [0.3, 0.4) is 0 Å². The quantitative estimate of drug-likeness (QED) is 0.900. The molecule has 1 aliphatic heterocycles. The largest absolute Gasteiger partial charge is 0.338 e. The van der Waals surface area contributed by atoms with Crippen molar-refractivity contribution in [1.82, 2.24) is 4.90 Å². The minimum Gasteiger partial charge on any atom is -0.338 e. The highest BCUT2D eigenvalue weighted by atomic mass is 35.5. The molecule has 1 N–H and O–H groups in total. The van der Waals surface area contributed by atoms with E-state index in [9.17, 15) is 14.0 Å². The lowest BCUT2D eigenvalue weighted by atomic mass is 9.96. The van der Waals surface area contributed by atoms with Crippen LogP contribution in [0.1, 0.15) is 23.2 Å². The van der Waals surface area contributed by atoms with E-state index in [0.717, 1.165) is 0 Å². The maximum atomic E-state index is 13.8. The lowest BCUT2D eigenvalue weighted by molar-refractivity contribution is -0.121. The van der Waals surface area contributed by atoms with Crippen LogP contribution in [0.5, 0.6) is 0 Å². The Hall–Kier alpha value is -2.40. The molecule has 1 atom stereocenters. The van der Waals surface area contributed by atoms with Crippen LogP contribution in [0, 0.1) is 11.7 Å². The summed E-state index contributed by atoms with van der Waals surface area (Å²) in [5.41, 5.74) is 0.702. The highest BCUT2D eigenvalue weighted by Crippen LogP contribution is 2.22. The van der Waals surface area contributed by atoms with Gasteiger partial charge in [-0.05, 0) is 49.2 Å². The molecule has 0 aliphatic carbocycles. The van der Waals surface area contributed by atoms with Crippen molar-refractivity contribution >= 4 is 29.1 Å². The fraction of sp³-hybridized carbons (Fsp3) is 0.263. The summed E-state index contributed by atoms with van der Waals surface area (Å²) < 4.78 is 13.8. The number of nitrogens with zero attached hydrogens (tertiary/aromatic N) is 1. The number of carbonyl (C=O) groups excluding carboxylic acids is 2. The molecule has 0 spiro atoms. The number of piperidine rings is 1. The minimum absolute atomic E-state index is 0.0428. The Bertz CT molecular complexity index is 779. The van der Waals surface area contributed by atoms with Gasteiger partial charge in [0.05, 0.1) is 11.5 Å². The summed E-state index contributed by atoms with van der Waals surface area (Å²) >= 11 is 5.83. The van der Waals surface area contributed by atoms with Gasteiger partial charge < -0.3 is 10.2 Å². The highest BCUT2D eigenvalue weighted by molar-refractivity contribution is 6.30. The number of benzene rings is 2. The maximum absolute atomic E-state index is 13.8. The van der Waals surface area contributed by atoms with Gasteiger partial charge in [0.15, 0.2) is 0 Å². The molecule has 2 aromatic carbocycles. The Morgan fingerprint density at radius 2 is 1.84 bits per heavy atom. The first-order chi connectivity index (χ1) is 12.0. The van der Waals surface area contributed by atoms with E-state index in [0.29, 0.717) is 30.1 Å². The first-order valence-corrected chi connectivity index (χ1v) is 8.52. The Labute approximate surface area is 150 Å². The monoisotopic (exact) mass is 360 g/mol. The SMILES string of the molecule is O=C(Nc1ccc(Cl)cc1)C1CCCN(C(=O)c2ccccc2F)C1. The van der Waals surface area contributed by atoms with Crippen LogP contribution in [0.4, 0.5) is 10.1 Å². The number of anilines is 1. The number of hydrogen-bond donors (Lipinski definition) is 1. The van der Waals surface area contributed by atoms with E-state index in [1.54, 1.807) is 41.3 Å². The smallest absolute Gasteiger partial charge is 0.256 e. The van der Waals surface area contributed by atoms with Gasteiger partial charge in [0.1, 0.15) is 5.82 Å². The van der Waals surface area contributed by atoms with Crippen LogP contribution in [0.2, 0.25) is 5.02 Å². The van der Waals surface area contributed by atoms with Crippen LogP contribution in [-0.4, -0.2) is 29.8 Å². The van der Waals surface area contributed by atoms with Crippen molar-refractivity contribution in [2.45, 2.75) is 12.8 Å². The standard InChI is InChI=1S/C19H18ClFN2O2/c20-14-7-9-15(10-8-14)22-18(24)13-4-3-11-23(12-13)19(25)16-5-1-2-6-17(16)21/h1-2,5-10,13H,3-4,11-12H2,(H,22,24). The molecule has 0 saturated carbocycles. The summed E-state index contributed by atoms with van der Waals surface area (Å²) in [5.74, 6) is -1.38. The number of likely N-dealkylation sites (tertiary alicyclic amines) is 1. The molecule has 1 aliphatic rings. The van der Waals surface area contributed by atoms with Crippen molar-refractivity contribution in [2.75, 3.05) is 18.4 Å². The maximum Gasteiger partial charge on any atom is 0.256 e. The number of rotatable bonds is 3. The second-order valence-corrected chi connectivity index (χ2v) is 6.50. The number of amides is 2. The first-order valence-electron chi connectivity index (χ1n) is 8.15. The van der Waals surface area contributed by atoms with E-state index in [-0.39, 0.29) is 29.8 Å². The summed E-state index contributed by atoms with van der Waals surface area (Å²) in [6.45, 7) is 0.810. The lowest BCUT2D eigenvalue weighted by Gasteiger charge is -2.32. The van der Waals surface area contributed by atoms with Gasteiger partial charge in [-0.3, -0.25) is 9.59 Å². The minimum atomic E-state index is -0.541. The predicted octanol–water partition coefficient (Wildman–Crippen LogP) is 3.97. The zero-order valence-electron chi connectivity index (χ0n) is 13.5. The number of hydrogen-bond acceptors (Lipinski definition) is 2. The van der Waals surface area contributed by atoms with E-state index in [4.69, 9.17) is 11.6 Å². The zero-order chi connectivity index (χ0) is 17.8. The van der Waals surface area contributed by atoms with Crippen LogP contribution in [0.25, 0.3) is 0 Å². The van der Waals surface area contributed by atoms with Crippen molar-refractivity contribution in [1.29, 1.82) is 0 Å². The van der Waals surface area contributed by atoms with Gasteiger partial charge in [-0.15, -0.1) is 0 Å². The summed E-state index contributed by atoms with van der Waals surface area (Å²) in [6, 6.07) is 12.8. The molecule has 1 unspecified atom stereocenters. The average molecular weight is 361 g/mol. The molecule has 0 aromatic heterocycles. The number of halogens is 2. The third kappa shape index (κ3) is 4.17. The lowest BCUT2D eigenvalue weighted by Crippen LogP contribution is -2.44. The van der Waals surface area contributed by atoms with E-state index in [2.05, 4.69) is 5.32 Å². The summed E-state index contributed by atoms with van der Waals surface area (Å²) in [4.78, 5) is 26.5. The van der Waals surface area contributed by atoms with E-state index in [1.807, 2.05) is 0 Å². The molecule has 1 heterocycles. The molecule has 6 heteroatoms. The van der Waals surface area contributed by atoms with Gasteiger partial charge in [-0.1, -0.05) is 23.7 Å². The van der Waals surface area contributed by atoms with E-state index in [1.165, 1.54) is 12.1 Å².